The first-order chi connectivity index (χ1) is 11.2. The zero-order valence-electron chi connectivity index (χ0n) is 13.8. The van der Waals surface area contributed by atoms with Gasteiger partial charge in [-0.2, -0.15) is 5.26 Å². The lowest BCUT2D eigenvalue weighted by Gasteiger charge is -2.21. The minimum atomic E-state index is -0.481. The zero-order chi connectivity index (χ0) is 16.5. The van der Waals surface area contributed by atoms with Crippen molar-refractivity contribution in [2.45, 2.75) is 70.3 Å². The third kappa shape index (κ3) is 6.15. The number of hydrogen-bond acceptors (Lipinski definition) is 3. The van der Waals surface area contributed by atoms with Gasteiger partial charge in [-0.1, -0.05) is 37.8 Å². The Morgan fingerprint density at radius 2 is 1.87 bits per heavy atom. The van der Waals surface area contributed by atoms with Crippen molar-refractivity contribution in [1.82, 2.24) is 0 Å². The molecule has 2 rings (SSSR count). The molecule has 0 saturated heterocycles. The average molecular weight is 313 g/mol. The molecule has 1 saturated carbocycles. The lowest BCUT2D eigenvalue weighted by Crippen LogP contribution is -2.22. The second-order valence-corrected chi connectivity index (χ2v) is 6.71. The van der Waals surface area contributed by atoms with Crippen LogP contribution < -0.4 is 0 Å². The molecule has 1 fully saturated rings. The van der Waals surface area contributed by atoms with E-state index < -0.39 is 6.10 Å². The van der Waals surface area contributed by atoms with E-state index in [-0.39, 0.29) is 11.7 Å². The lowest BCUT2D eigenvalue weighted by atomic mass is 9.84. The van der Waals surface area contributed by atoms with E-state index in [1.807, 2.05) is 24.3 Å². The van der Waals surface area contributed by atoms with Gasteiger partial charge in [-0.05, 0) is 49.8 Å². The topological polar surface area (TPSA) is 61.1 Å². The van der Waals surface area contributed by atoms with E-state index >= 15 is 0 Å². The van der Waals surface area contributed by atoms with Crippen molar-refractivity contribution in [1.29, 1.82) is 5.26 Å². The van der Waals surface area contributed by atoms with E-state index in [0.29, 0.717) is 18.4 Å². The highest BCUT2D eigenvalue weighted by Gasteiger charge is 2.22. The van der Waals surface area contributed by atoms with Gasteiger partial charge in [0, 0.05) is 12.3 Å². The third-order valence-corrected chi connectivity index (χ3v) is 4.83. The number of unbranched alkanes of at least 4 members (excludes halogenated alkanes) is 1. The van der Waals surface area contributed by atoms with Gasteiger partial charge in [0.1, 0.15) is 5.78 Å². The molecule has 1 aromatic carbocycles. The number of Topliss-reactive ketones (excluding diaryl/α,β-unsaturated/α-hetero) is 1. The van der Waals surface area contributed by atoms with Gasteiger partial charge in [0.15, 0.2) is 0 Å². The van der Waals surface area contributed by atoms with Gasteiger partial charge in [-0.25, -0.2) is 0 Å². The molecule has 1 aliphatic rings. The molecule has 124 valence electrons. The second-order valence-electron chi connectivity index (χ2n) is 6.71. The summed E-state index contributed by atoms with van der Waals surface area (Å²) in [5.74, 6) is 0.473. The van der Waals surface area contributed by atoms with Gasteiger partial charge >= 0.3 is 0 Å². The Kier molecular flexibility index (Phi) is 7.29. The highest BCUT2D eigenvalue weighted by Crippen LogP contribution is 2.26. The summed E-state index contributed by atoms with van der Waals surface area (Å²) in [6.07, 6.45) is 9.06. The maximum Gasteiger partial charge on any atom is 0.138 e. The molecule has 3 heteroatoms. The predicted molar refractivity (Wildman–Crippen MR) is 90.9 cm³/mol. The van der Waals surface area contributed by atoms with E-state index in [1.54, 1.807) is 0 Å². The smallest absolute Gasteiger partial charge is 0.138 e. The van der Waals surface area contributed by atoms with Gasteiger partial charge in [0.2, 0.25) is 0 Å². The second kappa shape index (κ2) is 9.47. The number of nitrogens with zero attached hydrogens (tertiary/aromatic N) is 1. The maximum atomic E-state index is 12.1. The van der Waals surface area contributed by atoms with E-state index in [4.69, 9.17) is 5.26 Å². The van der Waals surface area contributed by atoms with E-state index in [2.05, 4.69) is 6.07 Å². The van der Waals surface area contributed by atoms with Crippen molar-refractivity contribution >= 4 is 5.78 Å². The van der Waals surface area contributed by atoms with Crippen LogP contribution in [0.25, 0.3) is 0 Å². The van der Waals surface area contributed by atoms with Crippen molar-refractivity contribution in [2.75, 3.05) is 0 Å². The van der Waals surface area contributed by atoms with Crippen molar-refractivity contribution in [3.63, 3.8) is 0 Å². The standard InChI is InChI=1S/C20H27NO2/c21-15-17-12-10-16(11-13-17)6-4-5-9-19(22)14-20(23)18-7-2-1-3-8-18/h10-13,18-19,22H,1-9,14H2. The Morgan fingerprint density at radius 1 is 1.17 bits per heavy atom. The summed E-state index contributed by atoms with van der Waals surface area (Å²) in [5.41, 5.74) is 1.90. The summed E-state index contributed by atoms with van der Waals surface area (Å²) in [6, 6.07) is 9.77. The summed E-state index contributed by atoms with van der Waals surface area (Å²) >= 11 is 0. The van der Waals surface area contributed by atoms with E-state index in [9.17, 15) is 9.90 Å². The number of hydrogen-bond donors (Lipinski definition) is 1. The minimum Gasteiger partial charge on any atom is -0.393 e. The molecule has 1 aliphatic carbocycles. The fourth-order valence-electron chi connectivity index (χ4n) is 3.38. The highest BCUT2D eigenvalue weighted by molar-refractivity contribution is 5.81. The maximum absolute atomic E-state index is 12.1. The molecular weight excluding hydrogens is 286 g/mol. The highest BCUT2D eigenvalue weighted by atomic mass is 16.3. The lowest BCUT2D eigenvalue weighted by molar-refractivity contribution is -0.125. The molecule has 23 heavy (non-hydrogen) atoms. The fraction of sp³-hybridized carbons (Fsp3) is 0.600. The summed E-state index contributed by atoms with van der Waals surface area (Å²) in [7, 11) is 0. The van der Waals surface area contributed by atoms with Crippen LogP contribution in [0, 0.1) is 17.2 Å². The SMILES string of the molecule is N#Cc1ccc(CCCCC(O)CC(=O)C2CCCCC2)cc1. The fourth-order valence-corrected chi connectivity index (χ4v) is 3.38. The third-order valence-electron chi connectivity index (χ3n) is 4.83. The van der Waals surface area contributed by atoms with Crippen molar-refractivity contribution in [3.8, 4) is 6.07 Å². The summed E-state index contributed by atoms with van der Waals surface area (Å²) in [6.45, 7) is 0. The summed E-state index contributed by atoms with van der Waals surface area (Å²) in [4.78, 5) is 12.1. The first-order valence-corrected chi connectivity index (χ1v) is 8.89. The van der Waals surface area contributed by atoms with E-state index in [1.165, 1.54) is 12.0 Å². The first kappa shape index (κ1) is 17.7. The van der Waals surface area contributed by atoms with Crippen LogP contribution in [0.5, 0.6) is 0 Å². The average Bonchev–Trinajstić information content (AvgIpc) is 2.60. The molecule has 1 atom stereocenters. The largest absolute Gasteiger partial charge is 0.393 e. The first-order valence-electron chi connectivity index (χ1n) is 8.89. The molecule has 0 bridgehead atoms. The van der Waals surface area contributed by atoms with Gasteiger partial charge < -0.3 is 5.11 Å². The molecule has 0 amide bonds. The van der Waals surface area contributed by atoms with Crippen molar-refractivity contribution in [2.24, 2.45) is 5.92 Å². The molecule has 0 aliphatic heterocycles. The number of carbonyl (C=O) groups is 1. The van der Waals surface area contributed by atoms with Crippen LogP contribution in [0.1, 0.15) is 68.9 Å². The normalized spacial score (nSPS) is 16.7. The van der Waals surface area contributed by atoms with Crippen LogP contribution in [0.4, 0.5) is 0 Å². The number of rotatable bonds is 8. The predicted octanol–water partition coefficient (Wildman–Crippen LogP) is 4.17. The van der Waals surface area contributed by atoms with Gasteiger partial charge in [0.05, 0.1) is 17.7 Å². The molecule has 1 aromatic rings. The Bertz CT molecular complexity index is 524. The van der Waals surface area contributed by atoms with Crippen LogP contribution in [0.15, 0.2) is 24.3 Å². The van der Waals surface area contributed by atoms with Crippen LogP contribution in [-0.4, -0.2) is 17.0 Å². The molecular formula is C20H27NO2. The number of ketones is 1. The number of aliphatic hydroxyl groups excluding tert-OH is 1. The van der Waals surface area contributed by atoms with Gasteiger partial charge in [0.25, 0.3) is 0 Å². The van der Waals surface area contributed by atoms with Gasteiger partial charge in [-0.3, -0.25) is 4.79 Å². The Balaban J connectivity index is 1.61. The summed E-state index contributed by atoms with van der Waals surface area (Å²) < 4.78 is 0. The summed E-state index contributed by atoms with van der Waals surface area (Å²) in [5, 5.41) is 18.8. The van der Waals surface area contributed by atoms with Gasteiger partial charge in [-0.15, -0.1) is 0 Å². The monoisotopic (exact) mass is 313 g/mol. The van der Waals surface area contributed by atoms with Crippen LogP contribution >= 0.6 is 0 Å². The van der Waals surface area contributed by atoms with E-state index in [0.717, 1.165) is 44.9 Å². The molecule has 0 spiro atoms. The molecule has 1 N–H and O–H groups in total. The molecule has 0 aromatic heterocycles. The Morgan fingerprint density at radius 3 is 2.52 bits per heavy atom. The molecule has 3 nitrogen and oxygen atoms in total. The van der Waals surface area contributed by atoms with Crippen LogP contribution in [-0.2, 0) is 11.2 Å². The van der Waals surface area contributed by atoms with Crippen molar-refractivity contribution < 1.29 is 9.90 Å². The zero-order valence-corrected chi connectivity index (χ0v) is 13.8. The number of nitriles is 1. The Labute approximate surface area is 139 Å². The number of aryl methyl sites for hydroxylation is 1. The number of benzene rings is 1. The number of carbonyl (C=O) groups excluding carboxylic acids is 1. The van der Waals surface area contributed by atoms with Crippen molar-refractivity contribution in [3.05, 3.63) is 35.4 Å². The minimum absolute atomic E-state index is 0.206. The van der Waals surface area contributed by atoms with Crippen LogP contribution in [0.3, 0.4) is 0 Å². The molecule has 0 radical (unpaired) electrons. The van der Waals surface area contributed by atoms with Crippen LogP contribution in [0.2, 0.25) is 0 Å². The molecule has 1 unspecified atom stereocenters. The Hall–Kier alpha value is -1.66. The number of aliphatic hydroxyl groups is 1. The molecule has 0 heterocycles. The quantitative estimate of drug-likeness (QED) is 0.733.